The summed E-state index contributed by atoms with van der Waals surface area (Å²) in [5.41, 5.74) is 0.921. The molecular weight excluding hydrogens is 367 g/mol. The zero-order chi connectivity index (χ0) is 18.4. The van der Waals surface area contributed by atoms with E-state index in [1.165, 1.54) is 6.07 Å². The van der Waals surface area contributed by atoms with Gasteiger partial charge in [-0.15, -0.1) is 0 Å². The van der Waals surface area contributed by atoms with Crippen LogP contribution in [-0.2, 0) is 27.9 Å². The average molecular weight is 385 g/mol. The molecule has 0 fully saturated rings. The Kier molecular flexibility index (Phi) is 6.52. The van der Waals surface area contributed by atoms with E-state index in [1.807, 2.05) is 0 Å². The van der Waals surface area contributed by atoms with Gasteiger partial charge in [0.05, 0.1) is 12.8 Å². The maximum Gasteiger partial charge on any atom is 0.235 e. The molecule has 2 aromatic rings. The van der Waals surface area contributed by atoms with Crippen molar-refractivity contribution < 1.29 is 17.6 Å². The molecule has 0 aliphatic heterocycles. The number of rotatable bonds is 7. The van der Waals surface area contributed by atoms with Crippen LogP contribution in [0.5, 0.6) is 0 Å². The molecule has 5 nitrogen and oxygen atoms in total. The molecule has 2 rings (SSSR count). The molecule has 0 aliphatic rings. The molecule has 0 aromatic heterocycles. The first-order valence-corrected chi connectivity index (χ1v) is 9.68. The maximum absolute atomic E-state index is 13.6. The minimum atomic E-state index is -3.63. The second-order valence-electron chi connectivity index (χ2n) is 5.49. The van der Waals surface area contributed by atoms with Crippen molar-refractivity contribution in [2.75, 3.05) is 12.8 Å². The van der Waals surface area contributed by atoms with Crippen LogP contribution in [0.25, 0.3) is 0 Å². The van der Waals surface area contributed by atoms with Gasteiger partial charge < -0.3 is 5.32 Å². The van der Waals surface area contributed by atoms with Crippen LogP contribution in [0, 0.1) is 5.82 Å². The lowest BCUT2D eigenvalue weighted by atomic mass is 10.2. The van der Waals surface area contributed by atoms with E-state index in [0.29, 0.717) is 16.1 Å². The molecule has 0 unspecified atom stereocenters. The van der Waals surface area contributed by atoms with Gasteiger partial charge in [-0.05, 0) is 17.7 Å². The number of carbonyl (C=O) groups excluding carboxylic acids is 1. The summed E-state index contributed by atoms with van der Waals surface area (Å²) in [6.07, 6.45) is 1.02. The van der Waals surface area contributed by atoms with Crippen LogP contribution in [0.2, 0.25) is 5.02 Å². The normalized spacial score (nSPS) is 11.5. The molecule has 0 heterocycles. The van der Waals surface area contributed by atoms with E-state index in [-0.39, 0.29) is 19.6 Å². The first-order valence-electron chi connectivity index (χ1n) is 7.46. The molecule has 0 saturated carbocycles. The molecule has 8 heteroatoms. The summed E-state index contributed by atoms with van der Waals surface area (Å²) in [6.45, 7) is -0.417. The number of sulfonamides is 1. The summed E-state index contributed by atoms with van der Waals surface area (Å²) in [4.78, 5) is 12.1. The van der Waals surface area contributed by atoms with Gasteiger partial charge in [-0.2, -0.15) is 4.31 Å². The van der Waals surface area contributed by atoms with Crippen molar-refractivity contribution in [3.63, 3.8) is 0 Å². The molecule has 0 bridgehead atoms. The third-order valence-corrected chi connectivity index (χ3v) is 5.09. The number of hydrogen-bond acceptors (Lipinski definition) is 3. The molecular formula is C17H18ClFN2O3S. The summed E-state index contributed by atoms with van der Waals surface area (Å²) in [6, 6.07) is 12.9. The van der Waals surface area contributed by atoms with Crippen LogP contribution in [0.1, 0.15) is 11.1 Å². The lowest BCUT2D eigenvalue weighted by molar-refractivity contribution is -0.121. The van der Waals surface area contributed by atoms with Crippen molar-refractivity contribution >= 4 is 27.5 Å². The van der Waals surface area contributed by atoms with Crippen molar-refractivity contribution in [2.45, 2.75) is 13.1 Å². The summed E-state index contributed by atoms with van der Waals surface area (Å²) < 4.78 is 38.5. The molecule has 134 valence electrons. The van der Waals surface area contributed by atoms with Gasteiger partial charge >= 0.3 is 0 Å². The first kappa shape index (κ1) is 19.4. The van der Waals surface area contributed by atoms with Gasteiger partial charge in [0.15, 0.2) is 0 Å². The number of carbonyl (C=O) groups is 1. The predicted octanol–water partition coefficient (Wildman–Crippen LogP) is 2.56. The fourth-order valence-electron chi connectivity index (χ4n) is 2.16. The van der Waals surface area contributed by atoms with Gasteiger partial charge in [0.1, 0.15) is 5.82 Å². The van der Waals surface area contributed by atoms with Crippen LogP contribution in [0.3, 0.4) is 0 Å². The monoisotopic (exact) mass is 384 g/mol. The number of halogens is 2. The highest BCUT2D eigenvalue weighted by Crippen LogP contribution is 2.18. The van der Waals surface area contributed by atoms with Gasteiger partial charge in [-0.3, -0.25) is 4.79 Å². The van der Waals surface area contributed by atoms with E-state index in [9.17, 15) is 17.6 Å². The number of nitrogens with one attached hydrogen (secondary N) is 1. The minimum absolute atomic E-state index is 0.0186. The van der Waals surface area contributed by atoms with Crippen LogP contribution in [0.4, 0.5) is 4.39 Å². The lowest BCUT2D eigenvalue weighted by Gasteiger charge is -2.20. The summed E-state index contributed by atoms with van der Waals surface area (Å²) in [7, 11) is -3.63. The smallest absolute Gasteiger partial charge is 0.235 e. The Labute approximate surface area is 151 Å². The fourth-order valence-corrected chi connectivity index (χ4v) is 3.08. The van der Waals surface area contributed by atoms with Gasteiger partial charge in [0.25, 0.3) is 0 Å². The van der Waals surface area contributed by atoms with Crippen LogP contribution in [-0.4, -0.2) is 31.4 Å². The zero-order valence-corrected chi connectivity index (χ0v) is 15.1. The molecule has 0 aliphatic carbocycles. The highest BCUT2D eigenvalue weighted by atomic mass is 35.5. The van der Waals surface area contributed by atoms with Crippen LogP contribution < -0.4 is 5.32 Å². The van der Waals surface area contributed by atoms with E-state index in [1.54, 1.807) is 42.5 Å². The highest BCUT2D eigenvalue weighted by Gasteiger charge is 2.21. The van der Waals surface area contributed by atoms with Crippen molar-refractivity contribution in [3.8, 4) is 0 Å². The molecule has 0 atom stereocenters. The Morgan fingerprint density at radius 3 is 2.32 bits per heavy atom. The maximum atomic E-state index is 13.6. The third-order valence-electron chi connectivity index (χ3n) is 3.53. The predicted molar refractivity (Wildman–Crippen MR) is 95.0 cm³/mol. The van der Waals surface area contributed by atoms with Gasteiger partial charge in [-0.1, -0.05) is 48.0 Å². The topological polar surface area (TPSA) is 66.5 Å². The SMILES string of the molecule is CS(=O)(=O)N(CC(=O)NCc1ccccc1F)Cc1ccccc1Cl. The molecule has 0 saturated heterocycles. The summed E-state index contributed by atoms with van der Waals surface area (Å²) in [5.74, 6) is -0.959. The van der Waals surface area contributed by atoms with Crippen molar-refractivity contribution in [3.05, 3.63) is 70.5 Å². The second kappa shape index (κ2) is 8.42. The van der Waals surface area contributed by atoms with Gasteiger partial charge in [0, 0.05) is 23.7 Å². The molecule has 1 N–H and O–H groups in total. The van der Waals surface area contributed by atoms with Gasteiger partial charge in [-0.25, -0.2) is 12.8 Å². The van der Waals surface area contributed by atoms with Crippen molar-refractivity contribution in [1.82, 2.24) is 9.62 Å². The molecule has 0 spiro atoms. The number of nitrogens with zero attached hydrogens (tertiary/aromatic N) is 1. The quantitative estimate of drug-likeness (QED) is 0.797. The third kappa shape index (κ3) is 5.81. The van der Waals surface area contributed by atoms with Gasteiger partial charge in [0.2, 0.25) is 15.9 Å². The Morgan fingerprint density at radius 2 is 1.72 bits per heavy atom. The Morgan fingerprint density at radius 1 is 1.12 bits per heavy atom. The van der Waals surface area contributed by atoms with Crippen molar-refractivity contribution in [1.29, 1.82) is 0 Å². The van der Waals surface area contributed by atoms with E-state index in [0.717, 1.165) is 10.6 Å². The molecule has 2 aromatic carbocycles. The highest BCUT2D eigenvalue weighted by molar-refractivity contribution is 7.88. The number of hydrogen-bond donors (Lipinski definition) is 1. The second-order valence-corrected chi connectivity index (χ2v) is 7.88. The van der Waals surface area contributed by atoms with E-state index in [2.05, 4.69) is 5.32 Å². The van der Waals surface area contributed by atoms with E-state index < -0.39 is 21.7 Å². The number of amides is 1. The Hall–Kier alpha value is -1.96. The molecule has 25 heavy (non-hydrogen) atoms. The summed E-state index contributed by atoms with van der Waals surface area (Å²) in [5, 5.41) is 2.94. The van der Waals surface area contributed by atoms with E-state index >= 15 is 0 Å². The summed E-state index contributed by atoms with van der Waals surface area (Å²) >= 11 is 6.05. The standard InChI is InChI=1S/C17H18ClFN2O3S/c1-25(23,24)21(11-14-7-2-4-8-15(14)18)12-17(22)20-10-13-6-3-5-9-16(13)19/h2-9H,10-12H2,1H3,(H,20,22). The number of benzene rings is 2. The van der Waals surface area contributed by atoms with Crippen molar-refractivity contribution in [2.24, 2.45) is 0 Å². The van der Waals surface area contributed by atoms with Crippen LogP contribution in [0.15, 0.2) is 48.5 Å². The zero-order valence-electron chi connectivity index (χ0n) is 13.6. The average Bonchev–Trinajstić information content (AvgIpc) is 2.54. The minimum Gasteiger partial charge on any atom is -0.351 e. The Bertz CT molecular complexity index is 858. The van der Waals surface area contributed by atoms with E-state index in [4.69, 9.17) is 11.6 Å². The lowest BCUT2D eigenvalue weighted by Crippen LogP contribution is -2.39. The fraction of sp³-hybridized carbons (Fsp3) is 0.235. The Balaban J connectivity index is 2.03. The molecule has 0 radical (unpaired) electrons. The molecule has 1 amide bonds. The first-order chi connectivity index (χ1) is 11.8. The van der Waals surface area contributed by atoms with Crippen LogP contribution >= 0.6 is 11.6 Å². The largest absolute Gasteiger partial charge is 0.351 e.